The minimum atomic E-state index is -0.530. The van der Waals surface area contributed by atoms with E-state index in [0.717, 1.165) is 24.5 Å². The van der Waals surface area contributed by atoms with Crippen LogP contribution in [0.3, 0.4) is 0 Å². The van der Waals surface area contributed by atoms with Crippen LogP contribution in [0, 0.1) is 0 Å². The van der Waals surface area contributed by atoms with Gasteiger partial charge in [-0.2, -0.15) is 0 Å². The molecule has 0 aromatic heterocycles. The van der Waals surface area contributed by atoms with Gasteiger partial charge in [-0.1, -0.05) is 42.5 Å². The highest BCUT2D eigenvalue weighted by Crippen LogP contribution is 2.37. The van der Waals surface area contributed by atoms with Crippen molar-refractivity contribution in [2.75, 3.05) is 18.9 Å². The lowest BCUT2D eigenvalue weighted by molar-refractivity contribution is 0.0279. The van der Waals surface area contributed by atoms with Gasteiger partial charge in [-0.05, 0) is 56.6 Å². The lowest BCUT2D eigenvalue weighted by Crippen LogP contribution is -2.46. The number of fused-ring (bicyclic) bond motifs is 1. The normalized spacial score (nSPS) is 15.4. The van der Waals surface area contributed by atoms with Crippen molar-refractivity contribution in [2.24, 2.45) is 0 Å². The van der Waals surface area contributed by atoms with E-state index in [1.165, 1.54) is 22.4 Å². The molecule has 1 aliphatic rings. The Morgan fingerprint density at radius 1 is 1.11 bits per heavy atom. The maximum absolute atomic E-state index is 10.7. The second kappa shape index (κ2) is 9.13. The van der Waals surface area contributed by atoms with Crippen molar-refractivity contribution in [3.63, 3.8) is 0 Å². The van der Waals surface area contributed by atoms with Gasteiger partial charge >= 0.3 is 0 Å². The van der Waals surface area contributed by atoms with Crippen LogP contribution in [0.25, 0.3) is 0 Å². The summed E-state index contributed by atoms with van der Waals surface area (Å²) in [5.74, 6) is 2.06. The zero-order valence-electron chi connectivity index (χ0n) is 16.6. The van der Waals surface area contributed by atoms with E-state index in [2.05, 4.69) is 62.1 Å². The van der Waals surface area contributed by atoms with Crippen LogP contribution in [0.1, 0.15) is 38.3 Å². The van der Waals surface area contributed by atoms with Gasteiger partial charge in [0, 0.05) is 18.6 Å². The number of aliphatic hydroxyl groups is 1. The summed E-state index contributed by atoms with van der Waals surface area (Å²) in [5.41, 5.74) is 2.60. The zero-order valence-corrected chi connectivity index (χ0v) is 17.5. The molecule has 0 amide bonds. The summed E-state index contributed by atoms with van der Waals surface area (Å²) in [7, 11) is 0. The van der Waals surface area contributed by atoms with Crippen molar-refractivity contribution in [1.29, 1.82) is 0 Å². The summed E-state index contributed by atoms with van der Waals surface area (Å²) in [6, 6.07) is 16.7. The van der Waals surface area contributed by atoms with Crippen molar-refractivity contribution >= 4 is 11.8 Å². The number of hydrogen-bond acceptors (Lipinski definition) is 4. The fourth-order valence-electron chi connectivity index (χ4n) is 3.34. The van der Waals surface area contributed by atoms with Gasteiger partial charge in [-0.3, -0.25) is 4.90 Å². The molecule has 4 heteroatoms. The second-order valence-corrected chi connectivity index (χ2v) is 9.30. The molecule has 0 bridgehead atoms. The predicted octanol–water partition coefficient (Wildman–Crippen LogP) is 4.77. The molecule has 3 nitrogen and oxygen atoms in total. The molecule has 0 spiro atoms. The molecular formula is C23H31NO2S. The highest BCUT2D eigenvalue weighted by molar-refractivity contribution is 7.99. The van der Waals surface area contributed by atoms with Crippen molar-refractivity contribution in [3.05, 3.63) is 59.7 Å². The van der Waals surface area contributed by atoms with Gasteiger partial charge in [0.2, 0.25) is 0 Å². The molecule has 2 aromatic rings. The van der Waals surface area contributed by atoms with E-state index in [1.54, 1.807) is 0 Å². The summed E-state index contributed by atoms with van der Waals surface area (Å²) < 4.78 is 6.03. The molecule has 1 unspecified atom stereocenters. The summed E-state index contributed by atoms with van der Waals surface area (Å²) in [6.45, 7) is 8.28. The van der Waals surface area contributed by atoms with Crippen molar-refractivity contribution in [1.82, 2.24) is 4.90 Å². The Labute approximate surface area is 167 Å². The van der Waals surface area contributed by atoms with E-state index in [4.69, 9.17) is 4.74 Å². The SMILES string of the molecule is CC(C)(C)N(Cc1ccccc1)CC(O)COc1cccc2c1SCCC2. The average molecular weight is 386 g/mol. The van der Waals surface area contributed by atoms with E-state index in [9.17, 15) is 5.11 Å². The number of β-amino-alcohol motifs (C(OH)–C–C–N with tert-alkyl or cyclic N) is 1. The quantitative estimate of drug-likeness (QED) is 0.744. The molecule has 3 rings (SSSR count). The van der Waals surface area contributed by atoms with Gasteiger partial charge in [-0.25, -0.2) is 0 Å². The molecule has 146 valence electrons. The van der Waals surface area contributed by atoms with Crippen molar-refractivity contribution in [3.8, 4) is 5.75 Å². The van der Waals surface area contributed by atoms with Crippen molar-refractivity contribution in [2.45, 2.75) is 56.7 Å². The third-order valence-corrected chi connectivity index (χ3v) is 6.17. The van der Waals surface area contributed by atoms with E-state index in [-0.39, 0.29) is 5.54 Å². The Balaban J connectivity index is 1.60. The molecule has 2 aromatic carbocycles. The Hall–Kier alpha value is -1.49. The lowest BCUT2D eigenvalue weighted by Gasteiger charge is -2.37. The first-order valence-corrected chi connectivity index (χ1v) is 10.8. The lowest BCUT2D eigenvalue weighted by atomic mass is 10.0. The number of rotatable bonds is 7. The minimum absolute atomic E-state index is 0.0292. The van der Waals surface area contributed by atoms with E-state index < -0.39 is 6.10 Å². The van der Waals surface area contributed by atoms with Crippen LogP contribution in [-0.2, 0) is 13.0 Å². The maximum atomic E-state index is 10.7. The Kier molecular flexibility index (Phi) is 6.85. The van der Waals surface area contributed by atoms with Gasteiger partial charge in [0.15, 0.2) is 0 Å². The van der Waals surface area contributed by atoms with E-state index in [1.807, 2.05) is 23.9 Å². The largest absolute Gasteiger partial charge is 0.490 e. The van der Waals surface area contributed by atoms with Gasteiger partial charge in [0.1, 0.15) is 18.5 Å². The molecule has 27 heavy (non-hydrogen) atoms. The van der Waals surface area contributed by atoms with Crippen LogP contribution in [0.15, 0.2) is 53.4 Å². The van der Waals surface area contributed by atoms with Crippen LogP contribution in [0.2, 0.25) is 0 Å². The van der Waals surface area contributed by atoms with E-state index in [0.29, 0.717) is 13.2 Å². The molecule has 1 N–H and O–H groups in total. The number of ether oxygens (including phenoxy) is 1. The molecule has 0 saturated carbocycles. The van der Waals surface area contributed by atoms with Crippen LogP contribution in [-0.4, -0.2) is 40.6 Å². The monoisotopic (exact) mass is 385 g/mol. The van der Waals surface area contributed by atoms with Crippen LogP contribution in [0.4, 0.5) is 0 Å². The molecule has 1 heterocycles. The first-order valence-electron chi connectivity index (χ1n) is 9.78. The fraction of sp³-hybridized carbons (Fsp3) is 0.478. The number of thioether (sulfide) groups is 1. The maximum Gasteiger partial charge on any atom is 0.133 e. The molecule has 0 saturated heterocycles. The smallest absolute Gasteiger partial charge is 0.133 e. The number of aryl methyl sites for hydroxylation is 1. The number of nitrogens with zero attached hydrogens (tertiary/aromatic N) is 1. The topological polar surface area (TPSA) is 32.7 Å². The highest BCUT2D eigenvalue weighted by Gasteiger charge is 2.24. The average Bonchev–Trinajstić information content (AvgIpc) is 2.66. The Morgan fingerprint density at radius 2 is 1.89 bits per heavy atom. The van der Waals surface area contributed by atoms with Crippen molar-refractivity contribution < 1.29 is 9.84 Å². The summed E-state index contributed by atoms with van der Waals surface area (Å²) >= 11 is 1.87. The Bertz CT molecular complexity index is 727. The van der Waals surface area contributed by atoms with E-state index >= 15 is 0 Å². The fourth-order valence-corrected chi connectivity index (χ4v) is 4.46. The molecule has 1 atom stereocenters. The first kappa shape index (κ1) is 20.2. The third kappa shape index (κ3) is 5.74. The summed E-state index contributed by atoms with van der Waals surface area (Å²) in [6.07, 6.45) is 1.82. The van der Waals surface area contributed by atoms with Gasteiger partial charge < -0.3 is 9.84 Å². The molecule has 0 radical (unpaired) electrons. The minimum Gasteiger partial charge on any atom is -0.490 e. The third-order valence-electron chi connectivity index (χ3n) is 4.92. The predicted molar refractivity (Wildman–Crippen MR) is 114 cm³/mol. The van der Waals surface area contributed by atoms with Gasteiger partial charge in [0.05, 0.1) is 4.90 Å². The van der Waals surface area contributed by atoms with Crippen LogP contribution in [0.5, 0.6) is 5.75 Å². The number of aliphatic hydroxyl groups excluding tert-OH is 1. The number of benzene rings is 2. The van der Waals surface area contributed by atoms with Crippen LogP contribution >= 0.6 is 11.8 Å². The summed E-state index contributed by atoms with van der Waals surface area (Å²) in [5, 5.41) is 10.7. The summed E-state index contributed by atoms with van der Waals surface area (Å²) in [4.78, 5) is 3.57. The number of hydrogen-bond donors (Lipinski definition) is 1. The molecule has 0 fully saturated rings. The molecular weight excluding hydrogens is 354 g/mol. The van der Waals surface area contributed by atoms with Crippen LogP contribution < -0.4 is 4.74 Å². The van der Waals surface area contributed by atoms with Gasteiger partial charge in [-0.15, -0.1) is 11.8 Å². The molecule has 1 aliphatic heterocycles. The van der Waals surface area contributed by atoms with Gasteiger partial charge in [0.25, 0.3) is 0 Å². The standard InChI is InChI=1S/C23H31NO2S/c1-23(2,3)24(15-18-9-5-4-6-10-18)16-20(25)17-26-21-13-7-11-19-12-8-14-27-22(19)21/h4-7,9-11,13,20,25H,8,12,14-17H2,1-3H3. The molecule has 0 aliphatic carbocycles. The highest BCUT2D eigenvalue weighted by atomic mass is 32.2. The zero-order chi connectivity index (χ0) is 19.3. The second-order valence-electron chi connectivity index (χ2n) is 8.20. The Morgan fingerprint density at radius 3 is 2.63 bits per heavy atom. The first-order chi connectivity index (χ1) is 12.9.